The molecule has 1 aromatic carbocycles. The van der Waals surface area contributed by atoms with Gasteiger partial charge in [0.05, 0.1) is 12.1 Å². The van der Waals surface area contributed by atoms with Crippen LogP contribution in [-0.2, 0) is 4.74 Å². The van der Waals surface area contributed by atoms with E-state index in [1.807, 2.05) is 7.11 Å². The van der Waals surface area contributed by atoms with Crippen LogP contribution in [-0.4, -0.2) is 19.8 Å². The highest BCUT2D eigenvalue weighted by atomic mass is 16.5. The van der Waals surface area contributed by atoms with E-state index in [-0.39, 0.29) is 6.10 Å². The summed E-state index contributed by atoms with van der Waals surface area (Å²) in [5, 5.41) is 3.55. The van der Waals surface area contributed by atoms with Gasteiger partial charge in [0.2, 0.25) is 0 Å². The van der Waals surface area contributed by atoms with Gasteiger partial charge in [-0.1, -0.05) is 44.5 Å². The molecule has 2 unspecified atom stereocenters. The first-order valence-corrected chi connectivity index (χ1v) is 6.56. The van der Waals surface area contributed by atoms with Gasteiger partial charge in [-0.2, -0.15) is 0 Å². The van der Waals surface area contributed by atoms with Crippen molar-refractivity contribution < 1.29 is 4.74 Å². The summed E-state index contributed by atoms with van der Waals surface area (Å²) in [5.74, 6) is 0. The minimum atomic E-state index is 0.251. The summed E-state index contributed by atoms with van der Waals surface area (Å²) in [7, 11) is 1.81. The molecule has 2 heteroatoms. The highest BCUT2D eigenvalue weighted by Crippen LogP contribution is 2.24. The number of aryl methyl sites for hydroxylation is 1. The van der Waals surface area contributed by atoms with E-state index in [9.17, 15) is 0 Å². The number of benzene rings is 1. The zero-order valence-electron chi connectivity index (χ0n) is 11.5. The highest BCUT2D eigenvalue weighted by molar-refractivity contribution is 5.29. The average molecular weight is 235 g/mol. The SMILES string of the molecule is CCCC(OC)C(NCC)c1ccccc1C. The maximum atomic E-state index is 5.65. The van der Waals surface area contributed by atoms with Gasteiger partial charge < -0.3 is 10.1 Å². The molecule has 1 rings (SSSR count). The summed E-state index contributed by atoms with van der Waals surface area (Å²) in [6.07, 6.45) is 2.48. The van der Waals surface area contributed by atoms with Crippen LogP contribution in [0.1, 0.15) is 43.9 Å². The number of ether oxygens (including phenoxy) is 1. The summed E-state index contributed by atoms with van der Waals surface area (Å²) in [5.41, 5.74) is 2.69. The molecule has 17 heavy (non-hydrogen) atoms. The van der Waals surface area contributed by atoms with Crippen LogP contribution in [0.2, 0.25) is 0 Å². The van der Waals surface area contributed by atoms with E-state index >= 15 is 0 Å². The number of likely N-dealkylation sites (N-methyl/N-ethyl adjacent to an activating group) is 1. The Labute approximate surface area is 105 Å². The van der Waals surface area contributed by atoms with Gasteiger partial charge in [0, 0.05) is 7.11 Å². The van der Waals surface area contributed by atoms with E-state index in [1.165, 1.54) is 11.1 Å². The van der Waals surface area contributed by atoms with E-state index in [1.54, 1.807) is 0 Å². The molecule has 0 fully saturated rings. The monoisotopic (exact) mass is 235 g/mol. The van der Waals surface area contributed by atoms with Crippen LogP contribution in [0.4, 0.5) is 0 Å². The van der Waals surface area contributed by atoms with Crippen molar-refractivity contribution in [3.05, 3.63) is 35.4 Å². The van der Waals surface area contributed by atoms with Gasteiger partial charge in [0.25, 0.3) is 0 Å². The van der Waals surface area contributed by atoms with E-state index < -0.39 is 0 Å². The summed E-state index contributed by atoms with van der Waals surface area (Å²) in [6.45, 7) is 7.47. The Bertz CT molecular complexity index is 324. The zero-order valence-corrected chi connectivity index (χ0v) is 11.5. The first-order chi connectivity index (χ1) is 8.24. The second kappa shape index (κ2) is 7.46. The molecule has 1 N–H and O–H groups in total. The van der Waals surface area contributed by atoms with Crippen LogP contribution in [0.25, 0.3) is 0 Å². The van der Waals surface area contributed by atoms with Crippen molar-refractivity contribution in [1.29, 1.82) is 0 Å². The fourth-order valence-corrected chi connectivity index (χ4v) is 2.30. The van der Waals surface area contributed by atoms with Crippen LogP contribution in [0.3, 0.4) is 0 Å². The molecule has 96 valence electrons. The summed E-state index contributed by atoms with van der Waals surface area (Å²) in [6, 6.07) is 8.85. The first-order valence-electron chi connectivity index (χ1n) is 6.56. The first kappa shape index (κ1) is 14.2. The van der Waals surface area contributed by atoms with Crippen molar-refractivity contribution in [1.82, 2.24) is 5.32 Å². The van der Waals surface area contributed by atoms with Crippen molar-refractivity contribution in [2.24, 2.45) is 0 Å². The fraction of sp³-hybridized carbons (Fsp3) is 0.600. The smallest absolute Gasteiger partial charge is 0.0765 e. The number of hydrogen-bond donors (Lipinski definition) is 1. The summed E-state index contributed by atoms with van der Waals surface area (Å²) in [4.78, 5) is 0. The number of rotatable bonds is 7. The van der Waals surface area contributed by atoms with E-state index in [0.717, 1.165) is 19.4 Å². The Morgan fingerprint density at radius 2 is 1.94 bits per heavy atom. The molecule has 0 heterocycles. The Morgan fingerprint density at radius 3 is 2.47 bits per heavy atom. The lowest BCUT2D eigenvalue weighted by atomic mass is 9.94. The molecule has 0 spiro atoms. The fourth-order valence-electron chi connectivity index (χ4n) is 2.30. The minimum absolute atomic E-state index is 0.251. The number of nitrogens with one attached hydrogen (secondary N) is 1. The quantitative estimate of drug-likeness (QED) is 0.781. The van der Waals surface area contributed by atoms with Gasteiger partial charge in [-0.3, -0.25) is 0 Å². The lowest BCUT2D eigenvalue weighted by Crippen LogP contribution is -2.33. The molecule has 0 amide bonds. The third kappa shape index (κ3) is 3.83. The van der Waals surface area contributed by atoms with Gasteiger partial charge in [-0.05, 0) is 31.0 Å². The number of hydrogen-bond acceptors (Lipinski definition) is 2. The van der Waals surface area contributed by atoms with Crippen molar-refractivity contribution in [2.45, 2.75) is 45.8 Å². The molecule has 2 atom stereocenters. The van der Waals surface area contributed by atoms with Crippen LogP contribution in [0.5, 0.6) is 0 Å². The highest BCUT2D eigenvalue weighted by Gasteiger charge is 2.22. The number of methoxy groups -OCH3 is 1. The largest absolute Gasteiger partial charge is 0.379 e. The van der Waals surface area contributed by atoms with Crippen molar-refractivity contribution in [3.63, 3.8) is 0 Å². The molecule has 2 nitrogen and oxygen atoms in total. The third-order valence-corrected chi connectivity index (χ3v) is 3.20. The van der Waals surface area contributed by atoms with Gasteiger partial charge >= 0.3 is 0 Å². The molecule has 0 bridgehead atoms. The van der Waals surface area contributed by atoms with Crippen LogP contribution in [0.15, 0.2) is 24.3 Å². The zero-order chi connectivity index (χ0) is 12.7. The Kier molecular flexibility index (Phi) is 6.23. The molecule has 0 aliphatic rings. The second-order valence-corrected chi connectivity index (χ2v) is 4.45. The van der Waals surface area contributed by atoms with Crippen LogP contribution < -0.4 is 5.32 Å². The third-order valence-electron chi connectivity index (χ3n) is 3.20. The van der Waals surface area contributed by atoms with Crippen molar-refractivity contribution in [2.75, 3.05) is 13.7 Å². The molecular formula is C15H25NO. The molecule has 0 aromatic heterocycles. The van der Waals surface area contributed by atoms with Crippen LogP contribution in [0, 0.1) is 6.92 Å². The Balaban J connectivity index is 2.94. The molecule has 1 aromatic rings. The Morgan fingerprint density at radius 1 is 1.24 bits per heavy atom. The maximum Gasteiger partial charge on any atom is 0.0765 e. The topological polar surface area (TPSA) is 21.3 Å². The molecule has 0 radical (unpaired) electrons. The molecular weight excluding hydrogens is 210 g/mol. The van der Waals surface area contributed by atoms with Gasteiger partial charge in [-0.15, -0.1) is 0 Å². The van der Waals surface area contributed by atoms with Gasteiger partial charge in [0.15, 0.2) is 0 Å². The molecule has 0 aliphatic carbocycles. The predicted octanol–water partition coefficient (Wildman–Crippen LogP) is 3.46. The van der Waals surface area contributed by atoms with Crippen molar-refractivity contribution >= 4 is 0 Å². The van der Waals surface area contributed by atoms with Crippen molar-refractivity contribution in [3.8, 4) is 0 Å². The van der Waals surface area contributed by atoms with E-state index in [0.29, 0.717) is 6.04 Å². The second-order valence-electron chi connectivity index (χ2n) is 4.45. The predicted molar refractivity (Wildman–Crippen MR) is 73.3 cm³/mol. The van der Waals surface area contributed by atoms with Gasteiger partial charge in [-0.25, -0.2) is 0 Å². The van der Waals surface area contributed by atoms with Crippen LogP contribution >= 0.6 is 0 Å². The summed E-state index contributed by atoms with van der Waals surface area (Å²) < 4.78 is 5.65. The lowest BCUT2D eigenvalue weighted by molar-refractivity contribution is 0.0609. The van der Waals surface area contributed by atoms with Gasteiger partial charge in [0.1, 0.15) is 0 Å². The molecule has 0 aliphatic heterocycles. The molecule has 0 saturated carbocycles. The maximum absolute atomic E-state index is 5.65. The summed E-state index contributed by atoms with van der Waals surface area (Å²) >= 11 is 0. The lowest BCUT2D eigenvalue weighted by Gasteiger charge is -2.28. The standard InChI is InChI=1S/C15H25NO/c1-5-9-14(17-4)15(16-6-2)13-11-8-7-10-12(13)3/h7-8,10-11,14-16H,5-6,9H2,1-4H3. The van der Waals surface area contributed by atoms with E-state index in [2.05, 4.69) is 50.4 Å². The Hall–Kier alpha value is -0.860. The normalized spacial score (nSPS) is 14.6. The minimum Gasteiger partial charge on any atom is -0.379 e. The van der Waals surface area contributed by atoms with E-state index in [4.69, 9.17) is 4.74 Å². The average Bonchev–Trinajstić information content (AvgIpc) is 2.34. The molecule has 0 saturated heterocycles.